The predicted octanol–water partition coefficient (Wildman–Crippen LogP) is 6.52. The zero-order valence-electron chi connectivity index (χ0n) is 25.5. The Labute approximate surface area is 284 Å². The van der Waals surface area contributed by atoms with Gasteiger partial charge >= 0.3 is 0 Å². The van der Waals surface area contributed by atoms with Crippen LogP contribution in [0.25, 0.3) is 0 Å². The third-order valence-corrected chi connectivity index (χ3v) is 10.1. The molecule has 2 saturated heterocycles. The quantitative estimate of drug-likeness (QED) is 0.255. The number of carbonyl (C=O) groups is 3. The number of nitrogens with one attached hydrogen (secondary N) is 1. The van der Waals surface area contributed by atoms with Gasteiger partial charge in [0.15, 0.2) is 0 Å². The van der Waals surface area contributed by atoms with Crippen molar-refractivity contribution in [3.05, 3.63) is 72.5 Å². The molecule has 2 aromatic rings. The molecule has 2 fully saturated rings. The molecule has 3 atom stereocenters. The van der Waals surface area contributed by atoms with E-state index in [1.807, 2.05) is 11.0 Å². The third kappa shape index (κ3) is 9.32. The van der Waals surface area contributed by atoms with Crippen molar-refractivity contribution in [2.75, 3.05) is 46.8 Å². The van der Waals surface area contributed by atoms with Crippen LogP contribution in [-0.4, -0.2) is 91.3 Å². The number of hydrogen-bond donors (Lipinski definition) is 1. The Hall–Kier alpha value is -2.43. The fourth-order valence-corrected chi connectivity index (χ4v) is 7.28. The van der Waals surface area contributed by atoms with E-state index in [1.165, 1.54) is 17.0 Å². The zero-order chi connectivity index (χ0) is 32.7. The van der Waals surface area contributed by atoms with Crippen molar-refractivity contribution in [3.63, 3.8) is 0 Å². The van der Waals surface area contributed by atoms with Gasteiger partial charge in [0.1, 0.15) is 6.04 Å². The monoisotopic (exact) mass is 697 g/mol. The lowest BCUT2D eigenvalue weighted by atomic mass is 9.87. The van der Waals surface area contributed by atoms with Crippen LogP contribution in [0, 0.1) is 10.8 Å². The molecule has 0 saturated carbocycles. The van der Waals surface area contributed by atoms with Gasteiger partial charge in [0.2, 0.25) is 11.8 Å². The molecule has 4 rings (SSSR count). The van der Waals surface area contributed by atoms with Gasteiger partial charge in [-0.15, -0.1) is 0 Å². The van der Waals surface area contributed by atoms with Crippen LogP contribution in [-0.2, 0) is 9.59 Å². The lowest BCUT2D eigenvalue weighted by molar-refractivity contribution is -0.144. The van der Waals surface area contributed by atoms with Crippen LogP contribution in [0.4, 0.5) is 0 Å². The molecule has 0 spiro atoms. The third-order valence-electron chi connectivity index (χ3n) is 8.94. The first-order valence-electron chi connectivity index (χ1n) is 15.2. The molecule has 13 heteroatoms. The molecule has 9 nitrogen and oxygen atoms in total. The number of hydrogen-bond acceptors (Lipinski definition) is 6. The van der Waals surface area contributed by atoms with Crippen LogP contribution in [0.5, 0.6) is 0 Å². The van der Waals surface area contributed by atoms with Crippen LogP contribution < -0.4 is 5.32 Å². The number of likely N-dealkylation sites (tertiary alicyclic amines) is 2. The first-order chi connectivity index (χ1) is 21.5. The first kappa shape index (κ1) is 35.4. The van der Waals surface area contributed by atoms with Gasteiger partial charge in [-0.1, -0.05) is 57.6 Å². The van der Waals surface area contributed by atoms with Gasteiger partial charge in [-0.3, -0.25) is 14.4 Å². The highest BCUT2D eigenvalue weighted by Gasteiger charge is 2.36. The summed E-state index contributed by atoms with van der Waals surface area (Å²) in [7, 11) is 3.21. The van der Waals surface area contributed by atoms with Crippen molar-refractivity contribution < 1.29 is 14.4 Å². The number of piperidine rings is 2. The highest BCUT2D eigenvalue weighted by atomic mass is 35.5. The first-order valence-corrected chi connectivity index (χ1v) is 16.7. The minimum atomic E-state index is -0.758. The lowest BCUT2D eigenvalue weighted by Crippen LogP contribution is -2.52. The second kappa shape index (κ2) is 16.4. The molecule has 2 aliphatic rings. The van der Waals surface area contributed by atoms with Crippen LogP contribution in [0.3, 0.4) is 0 Å². The molecule has 3 amide bonds. The average Bonchev–Trinajstić information content (AvgIpc) is 3.02. The molecular formula is C32H39Cl4N5O4. The van der Waals surface area contributed by atoms with Crippen molar-refractivity contribution in [1.29, 1.82) is 0 Å². The fraction of sp³-hybridized carbons (Fsp3) is 0.531. The number of halogens is 4. The van der Waals surface area contributed by atoms with Crippen LogP contribution >= 0.6 is 46.4 Å². The van der Waals surface area contributed by atoms with E-state index in [2.05, 4.69) is 15.4 Å². The maximum atomic E-state index is 13.2. The van der Waals surface area contributed by atoms with E-state index in [0.29, 0.717) is 38.6 Å². The van der Waals surface area contributed by atoms with E-state index < -0.39 is 6.04 Å². The average molecular weight is 700 g/mol. The summed E-state index contributed by atoms with van der Waals surface area (Å²) in [4.78, 5) is 56.4. The number of carbonyl (C=O) groups excluding carboxylic acids is 3. The number of rotatable bonds is 12. The standard InChI is InChI=1S/C32H39Cl4N5O4/c1-37-30(42)17-21-4-3-10-41(32(21)44)25-7-11-40(12-8-25)13-9-26(20-5-6-27(35)28(36)16-20)29(38-45)19-39(2)31(43)22-14-23(33)18-24(34)15-22/h5-6,14-16,18,21,25-26,29H,3-4,7-13,17,19H2,1-2H3,(H,37,42)/t21-,26-,29?/m1/s1. The Bertz CT molecular complexity index is 1370. The summed E-state index contributed by atoms with van der Waals surface area (Å²) in [5.74, 6) is -0.928. The molecule has 45 heavy (non-hydrogen) atoms. The summed E-state index contributed by atoms with van der Waals surface area (Å²) in [6, 6.07) is 9.32. The van der Waals surface area contributed by atoms with Crippen LogP contribution in [0.15, 0.2) is 41.6 Å². The Morgan fingerprint density at radius 1 is 1.00 bits per heavy atom. The SMILES string of the molecule is CNC(=O)C[C@H]1CCCN(C2CCN(CC[C@H](c3ccc(Cl)c(Cl)c3)C(CN(C)C(=O)c3cc(Cl)cc(Cl)c3)N=O)CC2)C1=O. The largest absolute Gasteiger partial charge is 0.359 e. The van der Waals surface area contributed by atoms with Crippen molar-refractivity contribution in [2.24, 2.45) is 11.1 Å². The number of amides is 3. The maximum absolute atomic E-state index is 13.2. The molecule has 0 aromatic heterocycles. The second-order valence-corrected chi connectivity index (χ2v) is 13.6. The molecule has 2 heterocycles. The minimum absolute atomic E-state index is 0.0771. The molecular weight excluding hydrogens is 660 g/mol. The Balaban J connectivity index is 1.41. The van der Waals surface area contributed by atoms with Crippen LogP contribution in [0.2, 0.25) is 20.1 Å². The smallest absolute Gasteiger partial charge is 0.253 e. The van der Waals surface area contributed by atoms with E-state index in [9.17, 15) is 19.3 Å². The molecule has 0 aliphatic carbocycles. The number of benzene rings is 2. The minimum Gasteiger partial charge on any atom is -0.359 e. The van der Waals surface area contributed by atoms with E-state index in [4.69, 9.17) is 46.4 Å². The number of likely N-dealkylation sites (N-methyl/N-ethyl adjacent to an activating group) is 1. The summed E-state index contributed by atoms with van der Waals surface area (Å²) >= 11 is 24.8. The molecule has 2 aliphatic heterocycles. The van der Waals surface area contributed by atoms with Crippen molar-refractivity contribution in [2.45, 2.75) is 56.5 Å². The van der Waals surface area contributed by atoms with Crippen LogP contribution in [0.1, 0.15) is 60.4 Å². The molecule has 1 unspecified atom stereocenters. The van der Waals surface area contributed by atoms with Crippen molar-refractivity contribution in [1.82, 2.24) is 20.0 Å². The Morgan fingerprint density at radius 2 is 1.69 bits per heavy atom. The summed E-state index contributed by atoms with van der Waals surface area (Å²) < 4.78 is 0. The van der Waals surface area contributed by atoms with E-state index in [0.717, 1.165) is 50.9 Å². The zero-order valence-corrected chi connectivity index (χ0v) is 28.5. The molecule has 0 radical (unpaired) electrons. The Morgan fingerprint density at radius 3 is 2.31 bits per heavy atom. The number of nitroso groups, excluding NO2 is 1. The van der Waals surface area contributed by atoms with Gasteiger partial charge in [-0.25, -0.2) is 0 Å². The fourth-order valence-electron chi connectivity index (χ4n) is 6.45. The Kier molecular flexibility index (Phi) is 12.9. The van der Waals surface area contributed by atoms with E-state index in [-0.39, 0.29) is 48.6 Å². The van der Waals surface area contributed by atoms with Gasteiger partial charge in [-0.05, 0) is 74.5 Å². The topological polar surface area (TPSA) is 102 Å². The normalized spacial score (nSPS) is 19.2. The summed E-state index contributed by atoms with van der Waals surface area (Å²) in [6.07, 6.45) is 4.16. The van der Waals surface area contributed by atoms with E-state index in [1.54, 1.807) is 32.3 Å². The molecule has 0 bridgehead atoms. The summed E-state index contributed by atoms with van der Waals surface area (Å²) in [6.45, 7) is 3.10. The molecule has 244 valence electrons. The second-order valence-electron chi connectivity index (χ2n) is 11.9. The highest BCUT2D eigenvalue weighted by Crippen LogP contribution is 2.33. The highest BCUT2D eigenvalue weighted by molar-refractivity contribution is 6.42. The van der Waals surface area contributed by atoms with Gasteiger partial charge in [0.05, 0.1) is 10.0 Å². The predicted molar refractivity (Wildman–Crippen MR) is 179 cm³/mol. The van der Waals surface area contributed by atoms with Crippen molar-refractivity contribution in [3.8, 4) is 0 Å². The maximum Gasteiger partial charge on any atom is 0.253 e. The van der Waals surface area contributed by atoms with Gasteiger partial charge in [0, 0.05) is 80.2 Å². The number of nitrogens with zero attached hydrogens (tertiary/aromatic N) is 4. The summed E-state index contributed by atoms with van der Waals surface area (Å²) in [5, 5.41) is 7.58. The molecule has 2 aromatic carbocycles. The van der Waals surface area contributed by atoms with Crippen molar-refractivity contribution >= 4 is 64.1 Å². The van der Waals surface area contributed by atoms with E-state index >= 15 is 0 Å². The molecule has 1 N–H and O–H groups in total. The van der Waals surface area contributed by atoms with Gasteiger partial charge in [-0.2, -0.15) is 4.91 Å². The lowest BCUT2D eigenvalue weighted by Gasteiger charge is -2.42. The van der Waals surface area contributed by atoms with Gasteiger partial charge in [0.25, 0.3) is 5.91 Å². The summed E-state index contributed by atoms with van der Waals surface area (Å²) in [5.41, 5.74) is 1.14. The van der Waals surface area contributed by atoms with Gasteiger partial charge < -0.3 is 20.0 Å².